The normalized spacial score (nSPS) is 17.2. The molecule has 0 aliphatic carbocycles. The van der Waals surface area contributed by atoms with Gasteiger partial charge in [0.05, 0.1) is 6.04 Å². The molecule has 0 fully saturated rings. The van der Waals surface area contributed by atoms with E-state index >= 15 is 0 Å². The van der Waals surface area contributed by atoms with E-state index in [1.54, 1.807) is 0 Å². The molecule has 0 unspecified atom stereocenters. The highest BCUT2D eigenvalue weighted by molar-refractivity contribution is 8.00. The van der Waals surface area contributed by atoms with E-state index < -0.39 is 5.25 Å². The van der Waals surface area contributed by atoms with Crippen molar-refractivity contribution in [1.29, 1.82) is 0 Å². The maximum atomic E-state index is 13.5. The van der Waals surface area contributed by atoms with Crippen LogP contribution in [0.2, 0.25) is 0 Å². The van der Waals surface area contributed by atoms with Crippen LogP contribution in [0.1, 0.15) is 29.7 Å². The Morgan fingerprint density at radius 3 is 2.48 bits per heavy atom. The van der Waals surface area contributed by atoms with Crippen molar-refractivity contribution in [2.24, 2.45) is 0 Å². The lowest BCUT2D eigenvalue weighted by atomic mass is 10.0. The number of rotatable bonds is 5. The zero-order chi connectivity index (χ0) is 22.8. The van der Waals surface area contributed by atoms with Crippen LogP contribution in [-0.2, 0) is 11.2 Å². The van der Waals surface area contributed by atoms with Crippen LogP contribution in [-0.4, -0.2) is 26.0 Å². The number of amides is 1. The van der Waals surface area contributed by atoms with Gasteiger partial charge in [0.1, 0.15) is 5.25 Å². The van der Waals surface area contributed by atoms with E-state index in [4.69, 9.17) is 0 Å². The zero-order valence-corrected chi connectivity index (χ0v) is 19.3. The number of thioether (sulfide) groups is 1. The van der Waals surface area contributed by atoms with Gasteiger partial charge in [0.2, 0.25) is 11.1 Å². The van der Waals surface area contributed by atoms with Crippen molar-refractivity contribution in [1.82, 2.24) is 14.9 Å². The second-order valence-electron chi connectivity index (χ2n) is 8.06. The van der Waals surface area contributed by atoms with Crippen LogP contribution in [0.3, 0.4) is 0 Å². The van der Waals surface area contributed by atoms with Gasteiger partial charge < -0.3 is 10.7 Å². The molecule has 0 radical (unpaired) electrons. The molecule has 1 aromatic heterocycles. The van der Waals surface area contributed by atoms with Crippen LogP contribution in [0, 0.1) is 6.92 Å². The Morgan fingerprint density at radius 1 is 1.00 bits per heavy atom. The molecule has 0 saturated carbocycles. The predicted octanol–water partition coefficient (Wildman–Crippen LogP) is 5.21. The molecule has 1 aliphatic heterocycles. The number of benzene rings is 3. The molecule has 0 spiro atoms. The summed E-state index contributed by atoms with van der Waals surface area (Å²) in [5.41, 5.74) is 8.68. The highest BCUT2D eigenvalue weighted by atomic mass is 32.2. The number of fused-ring (bicyclic) bond motifs is 1. The molecular weight excluding hydrogens is 430 g/mol. The minimum absolute atomic E-state index is 0.0607. The van der Waals surface area contributed by atoms with Crippen molar-refractivity contribution in [3.63, 3.8) is 0 Å². The first-order valence-electron chi connectivity index (χ1n) is 11.0. The van der Waals surface area contributed by atoms with Crippen molar-refractivity contribution < 1.29 is 4.79 Å². The minimum Gasteiger partial charge on any atom is -0.325 e. The summed E-state index contributed by atoms with van der Waals surface area (Å²) in [6.07, 6.45) is 0.850. The third-order valence-electron chi connectivity index (χ3n) is 5.82. The molecule has 1 aliphatic rings. The monoisotopic (exact) mass is 455 g/mol. The zero-order valence-electron chi connectivity index (χ0n) is 18.5. The van der Waals surface area contributed by atoms with Gasteiger partial charge in [-0.2, -0.15) is 0 Å². The highest BCUT2D eigenvalue weighted by Crippen LogP contribution is 2.39. The summed E-state index contributed by atoms with van der Waals surface area (Å²) < 4.78 is 1.90. The minimum atomic E-state index is -0.419. The van der Waals surface area contributed by atoms with Crippen LogP contribution in [0.4, 0.5) is 5.69 Å². The van der Waals surface area contributed by atoms with Gasteiger partial charge in [-0.1, -0.05) is 97.0 Å². The molecule has 2 atom stereocenters. The molecule has 7 heteroatoms. The summed E-state index contributed by atoms with van der Waals surface area (Å²) in [5, 5.41) is 12.2. The number of carbonyl (C=O) groups excluding carboxylic acids is 1. The number of aryl methyl sites for hydroxylation is 2. The topological polar surface area (TPSA) is 71.8 Å². The number of carbonyl (C=O) groups is 1. The summed E-state index contributed by atoms with van der Waals surface area (Å²) in [5.74, 6) is 0.667. The number of nitrogens with one attached hydrogen (secondary N) is 2. The first kappa shape index (κ1) is 21.3. The molecule has 0 saturated heterocycles. The van der Waals surface area contributed by atoms with Crippen LogP contribution in [0.25, 0.3) is 11.4 Å². The summed E-state index contributed by atoms with van der Waals surface area (Å²) in [4.78, 5) is 13.5. The molecule has 1 amide bonds. The average molecular weight is 456 g/mol. The number of aromatic nitrogens is 3. The number of para-hydroxylation sites is 1. The van der Waals surface area contributed by atoms with Crippen LogP contribution >= 0.6 is 11.8 Å². The van der Waals surface area contributed by atoms with Crippen molar-refractivity contribution in [2.45, 2.75) is 36.7 Å². The van der Waals surface area contributed by atoms with Gasteiger partial charge in [0, 0.05) is 11.3 Å². The van der Waals surface area contributed by atoms with Crippen LogP contribution < -0.4 is 10.7 Å². The first-order valence-corrected chi connectivity index (χ1v) is 11.9. The Bertz CT molecular complexity index is 1270. The Morgan fingerprint density at radius 2 is 1.73 bits per heavy atom. The quantitative estimate of drug-likeness (QED) is 0.432. The van der Waals surface area contributed by atoms with Gasteiger partial charge in [-0.25, -0.2) is 4.68 Å². The number of nitrogens with zero attached hydrogens (tertiary/aromatic N) is 3. The fourth-order valence-electron chi connectivity index (χ4n) is 4.01. The molecule has 2 N–H and O–H groups in total. The Balaban J connectivity index is 1.52. The van der Waals surface area contributed by atoms with Gasteiger partial charge in [0.15, 0.2) is 5.82 Å². The van der Waals surface area contributed by atoms with Gasteiger partial charge in [-0.15, -0.1) is 10.2 Å². The molecule has 166 valence electrons. The SMILES string of the molecule is CCc1ccccc1NC(=O)[C@H]1Sc2nnc(-c3ccccc3)n2N[C@@H]1c1ccc(C)cc1. The van der Waals surface area contributed by atoms with Gasteiger partial charge >= 0.3 is 0 Å². The maximum Gasteiger partial charge on any atom is 0.240 e. The summed E-state index contributed by atoms with van der Waals surface area (Å²) in [6.45, 7) is 4.15. The smallest absolute Gasteiger partial charge is 0.240 e. The third-order valence-corrected chi connectivity index (χ3v) is 7.03. The lowest BCUT2D eigenvalue weighted by Gasteiger charge is -2.33. The standard InChI is InChI=1S/C26H25N5OS/c1-3-18-9-7-8-12-21(18)27-25(32)23-22(19-15-13-17(2)14-16-19)30-31-24(28-29-26(31)33-23)20-10-5-4-6-11-20/h4-16,22-23,30H,3H2,1-2H3,(H,27,32)/t22-,23+/m1/s1. The Hall–Kier alpha value is -3.58. The summed E-state index contributed by atoms with van der Waals surface area (Å²) in [6, 6.07) is 25.9. The van der Waals surface area contributed by atoms with E-state index in [0.29, 0.717) is 5.16 Å². The van der Waals surface area contributed by atoms with E-state index in [0.717, 1.165) is 34.6 Å². The highest BCUT2D eigenvalue weighted by Gasteiger charge is 2.38. The van der Waals surface area contributed by atoms with Crippen LogP contribution in [0.5, 0.6) is 0 Å². The van der Waals surface area contributed by atoms with Crippen molar-refractivity contribution in [3.8, 4) is 11.4 Å². The second-order valence-corrected chi connectivity index (χ2v) is 9.17. The fourth-order valence-corrected chi connectivity index (χ4v) is 5.09. The molecule has 4 aromatic rings. The van der Waals surface area contributed by atoms with E-state index in [-0.39, 0.29) is 11.9 Å². The second kappa shape index (κ2) is 9.11. The van der Waals surface area contributed by atoms with Gasteiger partial charge in [0.25, 0.3) is 0 Å². The van der Waals surface area contributed by atoms with E-state index in [2.05, 4.69) is 59.1 Å². The lowest BCUT2D eigenvalue weighted by Crippen LogP contribution is -2.41. The number of hydrogen-bond acceptors (Lipinski definition) is 5. The molecule has 6 nitrogen and oxygen atoms in total. The number of hydrogen-bond donors (Lipinski definition) is 2. The average Bonchev–Trinajstić information content (AvgIpc) is 3.27. The van der Waals surface area contributed by atoms with Gasteiger partial charge in [-0.3, -0.25) is 4.79 Å². The van der Waals surface area contributed by atoms with Crippen molar-refractivity contribution >= 4 is 23.4 Å². The largest absolute Gasteiger partial charge is 0.325 e. The van der Waals surface area contributed by atoms with Crippen molar-refractivity contribution in [2.75, 3.05) is 10.7 Å². The maximum absolute atomic E-state index is 13.5. The molecule has 33 heavy (non-hydrogen) atoms. The van der Waals surface area contributed by atoms with E-state index in [1.165, 1.54) is 17.3 Å². The van der Waals surface area contributed by atoms with E-state index in [9.17, 15) is 4.79 Å². The molecule has 2 heterocycles. The predicted molar refractivity (Wildman–Crippen MR) is 133 cm³/mol. The van der Waals surface area contributed by atoms with E-state index in [1.807, 2.05) is 59.3 Å². The van der Waals surface area contributed by atoms with Crippen molar-refractivity contribution in [3.05, 3.63) is 95.6 Å². The van der Waals surface area contributed by atoms with Crippen LogP contribution in [0.15, 0.2) is 84.0 Å². The molecule has 3 aromatic carbocycles. The Kier molecular flexibility index (Phi) is 5.88. The molecular formula is C26H25N5OS. The molecule has 5 rings (SSSR count). The third kappa shape index (κ3) is 4.24. The Labute approximate surface area is 197 Å². The summed E-state index contributed by atoms with van der Waals surface area (Å²) in [7, 11) is 0. The van der Waals surface area contributed by atoms with Gasteiger partial charge in [-0.05, 0) is 30.5 Å². The fraction of sp³-hybridized carbons (Fsp3) is 0.192. The first-order chi connectivity index (χ1) is 16.1. The lowest BCUT2D eigenvalue weighted by molar-refractivity contribution is -0.116. The molecule has 0 bridgehead atoms. The number of anilines is 1. The summed E-state index contributed by atoms with van der Waals surface area (Å²) >= 11 is 1.44.